The van der Waals surface area contributed by atoms with E-state index in [0.29, 0.717) is 0 Å². The largest absolute Gasteiger partial charge is 0.316 e. The Balaban J connectivity index is 1.97. The van der Waals surface area contributed by atoms with E-state index in [1.54, 1.807) is 0 Å². The van der Waals surface area contributed by atoms with E-state index in [0.717, 1.165) is 24.6 Å². The number of ketones is 1. The molecule has 0 saturated heterocycles. The van der Waals surface area contributed by atoms with Gasteiger partial charge in [0.1, 0.15) is 0 Å². The summed E-state index contributed by atoms with van der Waals surface area (Å²) >= 11 is 0. The fourth-order valence-corrected chi connectivity index (χ4v) is 2.40. The number of carbonyl (C=O) groups is 1. The fourth-order valence-electron chi connectivity index (χ4n) is 2.40. The number of benzene rings is 1. The Kier molecular flexibility index (Phi) is 4.54. The van der Waals surface area contributed by atoms with Gasteiger partial charge in [-0.05, 0) is 30.9 Å². The Bertz CT molecular complexity index is 392. The maximum atomic E-state index is 12.2. The van der Waals surface area contributed by atoms with Gasteiger partial charge in [0.05, 0.1) is 0 Å². The van der Waals surface area contributed by atoms with E-state index in [4.69, 9.17) is 0 Å². The van der Waals surface area contributed by atoms with Gasteiger partial charge in [0, 0.05) is 18.0 Å². The van der Waals surface area contributed by atoms with E-state index >= 15 is 0 Å². The van der Waals surface area contributed by atoms with Crippen molar-refractivity contribution < 1.29 is 4.79 Å². The molecule has 1 aromatic rings. The van der Waals surface area contributed by atoms with Gasteiger partial charge in [0.25, 0.3) is 0 Å². The molecule has 1 aromatic carbocycles. The molecule has 0 aliphatic heterocycles. The van der Waals surface area contributed by atoms with Crippen LogP contribution in [0.5, 0.6) is 0 Å². The van der Waals surface area contributed by atoms with Gasteiger partial charge >= 0.3 is 0 Å². The summed E-state index contributed by atoms with van der Waals surface area (Å²) in [5, 5.41) is 3.23. The third-order valence-electron chi connectivity index (χ3n) is 3.92. The summed E-state index contributed by atoms with van der Waals surface area (Å²) in [6, 6.07) is 8.27. The Labute approximate surface area is 110 Å². The first-order valence-corrected chi connectivity index (χ1v) is 7.07. The van der Waals surface area contributed by atoms with Gasteiger partial charge in [-0.25, -0.2) is 0 Å². The van der Waals surface area contributed by atoms with Gasteiger partial charge in [0.2, 0.25) is 0 Å². The van der Waals surface area contributed by atoms with Gasteiger partial charge in [-0.2, -0.15) is 0 Å². The van der Waals surface area contributed by atoms with E-state index in [2.05, 4.69) is 24.4 Å². The van der Waals surface area contributed by atoms with E-state index in [-0.39, 0.29) is 11.7 Å². The number of nitrogens with one attached hydrogen (secondary N) is 1. The number of hydrogen-bond acceptors (Lipinski definition) is 2. The number of hydrogen-bond donors (Lipinski definition) is 1. The van der Waals surface area contributed by atoms with Crippen molar-refractivity contribution in [2.45, 2.75) is 39.0 Å². The molecule has 0 amide bonds. The molecule has 0 radical (unpaired) electrons. The van der Waals surface area contributed by atoms with Crippen LogP contribution >= 0.6 is 0 Å². The molecular weight excluding hydrogens is 222 g/mol. The smallest absolute Gasteiger partial charge is 0.166 e. The quantitative estimate of drug-likeness (QED) is 0.778. The molecule has 0 bridgehead atoms. The highest BCUT2D eigenvalue weighted by Crippen LogP contribution is 2.36. The van der Waals surface area contributed by atoms with Crippen molar-refractivity contribution in [2.75, 3.05) is 13.1 Å². The van der Waals surface area contributed by atoms with Crippen LogP contribution in [0.1, 0.15) is 54.9 Å². The molecule has 2 heteroatoms. The first kappa shape index (κ1) is 13.3. The normalized spacial score (nSPS) is 17.2. The number of carbonyl (C=O) groups excluding carboxylic acids is 1. The molecule has 1 saturated carbocycles. The average Bonchev–Trinajstić information content (AvgIpc) is 2.34. The maximum Gasteiger partial charge on any atom is 0.166 e. The molecule has 0 aromatic heterocycles. The van der Waals surface area contributed by atoms with Crippen molar-refractivity contribution in [1.82, 2.24) is 5.32 Å². The lowest BCUT2D eigenvalue weighted by Gasteiger charge is -2.25. The lowest BCUT2D eigenvalue weighted by Crippen LogP contribution is -2.26. The van der Waals surface area contributed by atoms with Gasteiger partial charge in [-0.1, -0.05) is 44.5 Å². The summed E-state index contributed by atoms with van der Waals surface area (Å²) in [4.78, 5) is 12.2. The zero-order chi connectivity index (χ0) is 13.0. The molecule has 18 heavy (non-hydrogen) atoms. The van der Waals surface area contributed by atoms with Crippen LogP contribution in [0.2, 0.25) is 0 Å². The van der Waals surface area contributed by atoms with Gasteiger partial charge in [0.15, 0.2) is 5.78 Å². The monoisotopic (exact) mass is 245 g/mol. The van der Waals surface area contributed by atoms with Crippen molar-refractivity contribution in [1.29, 1.82) is 0 Å². The van der Waals surface area contributed by atoms with Crippen LogP contribution in [0.25, 0.3) is 0 Å². The summed E-state index contributed by atoms with van der Waals surface area (Å²) in [5.41, 5.74) is 2.25. The standard InChI is InChI=1S/C16H23NO/c1-3-17-11-12(2)16(18)15-9-7-14(8-10-15)13-5-4-6-13/h7-10,12-13,17H,3-6,11H2,1-2H3. The second kappa shape index (κ2) is 6.14. The molecule has 1 aliphatic rings. The first-order chi connectivity index (χ1) is 8.72. The van der Waals surface area contributed by atoms with Gasteiger partial charge < -0.3 is 5.32 Å². The van der Waals surface area contributed by atoms with Crippen LogP contribution < -0.4 is 5.32 Å². The lowest BCUT2D eigenvalue weighted by atomic mass is 9.80. The summed E-state index contributed by atoms with van der Waals surface area (Å²) in [6.45, 7) is 5.73. The Morgan fingerprint density at radius 1 is 1.33 bits per heavy atom. The minimum Gasteiger partial charge on any atom is -0.316 e. The van der Waals surface area contributed by atoms with Crippen LogP contribution in [0.4, 0.5) is 0 Å². The van der Waals surface area contributed by atoms with Crippen LogP contribution in [0.15, 0.2) is 24.3 Å². The van der Waals surface area contributed by atoms with Crippen LogP contribution in [-0.2, 0) is 0 Å². The summed E-state index contributed by atoms with van der Waals surface area (Å²) in [6.07, 6.45) is 3.97. The Morgan fingerprint density at radius 3 is 2.50 bits per heavy atom. The van der Waals surface area contributed by atoms with Crippen molar-refractivity contribution in [3.05, 3.63) is 35.4 Å². The molecule has 98 valence electrons. The Hall–Kier alpha value is -1.15. The highest BCUT2D eigenvalue weighted by Gasteiger charge is 2.20. The average molecular weight is 245 g/mol. The van der Waals surface area contributed by atoms with E-state index in [1.165, 1.54) is 24.8 Å². The molecular formula is C16H23NO. The number of Topliss-reactive ketones (excluding diaryl/α,β-unsaturated/α-hetero) is 1. The minimum atomic E-state index is 0.0551. The molecule has 2 rings (SSSR count). The highest BCUT2D eigenvalue weighted by atomic mass is 16.1. The molecule has 1 aliphatic carbocycles. The SMILES string of the molecule is CCNCC(C)C(=O)c1ccc(C2CCC2)cc1. The summed E-state index contributed by atoms with van der Waals surface area (Å²) < 4.78 is 0. The van der Waals surface area contributed by atoms with E-state index in [1.807, 2.05) is 19.1 Å². The van der Waals surface area contributed by atoms with Crippen molar-refractivity contribution in [3.8, 4) is 0 Å². The van der Waals surface area contributed by atoms with Crippen molar-refractivity contribution >= 4 is 5.78 Å². The molecule has 1 fully saturated rings. The second-order valence-corrected chi connectivity index (χ2v) is 5.32. The predicted octanol–water partition coefficient (Wildman–Crippen LogP) is 3.38. The number of rotatable bonds is 6. The molecule has 1 N–H and O–H groups in total. The van der Waals surface area contributed by atoms with Crippen LogP contribution in [0.3, 0.4) is 0 Å². The van der Waals surface area contributed by atoms with Gasteiger partial charge in [-0.3, -0.25) is 4.79 Å². The van der Waals surface area contributed by atoms with Crippen molar-refractivity contribution in [3.63, 3.8) is 0 Å². The van der Waals surface area contributed by atoms with Gasteiger partial charge in [-0.15, -0.1) is 0 Å². The topological polar surface area (TPSA) is 29.1 Å². The fraction of sp³-hybridized carbons (Fsp3) is 0.562. The van der Waals surface area contributed by atoms with Crippen LogP contribution in [-0.4, -0.2) is 18.9 Å². The predicted molar refractivity (Wildman–Crippen MR) is 75.1 cm³/mol. The maximum absolute atomic E-state index is 12.2. The highest BCUT2D eigenvalue weighted by molar-refractivity contribution is 5.97. The molecule has 0 spiro atoms. The molecule has 2 nitrogen and oxygen atoms in total. The second-order valence-electron chi connectivity index (χ2n) is 5.32. The summed E-state index contributed by atoms with van der Waals surface area (Å²) in [5.74, 6) is 1.05. The zero-order valence-corrected chi connectivity index (χ0v) is 11.4. The Morgan fingerprint density at radius 2 is 2.00 bits per heavy atom. The molecule has 1 unspecified atom stereocenters. The third kappa shape index (κ3) is 2.99. The van der Waals surface area contributed by atoms with Crippen LogP contribution in [0, 0.1) is 5.92 Å². The minimum absolute atomic E-state index is 0.0551. The first-order valence-electron chi connectivity index (χ1n) is 7.07. The molecule has 0 heterocycles. The molecule has 1 atom stereocenters. The van der Waals surface area contributed by atoms with E-state index < -0.39 is 0 Å². The summed E-state index contributed by atoms with van der Waals surface area (Å²) in [7, 11) is 0. The lowest BCUT2D eigenvalue weighted by molar-refractivity contribution is 0.0929. The van der Waals surface area contributed by atoms with E-state index in [9.17, 15) is 4.79 Å². The van der Waals surface area contributed by atoms with Crippen molar-refractivity contribution in [2.24, 2.45) is 5.92 Å². The third-order valence-corrected chi connectivity index (χ3v) is 3.92. The zero-order valence-electron chi connectivity index (χ0n) is 11.4.